The predicted molar refractivity (Wildman–Crippen MR) is 88.8 cm³/mol. The molecule has 0 aromatic carbocycles. The van der Waals surface area contributed by atoms with Gasteiger partial charge in [0.15, 0.2) is 5.82 Å². The molecule has 1 aliphatic heterocycles. The number of aromatic nitrogens is 6. The minimum atomic E-state index is -0.831. The van der Waals surface area contributed by atoms with Gasteiger partial charge < -0.3 is 14.6 Å². The number of hydrogen-bond acceptors (Lipinski definition) is 6. The van der Waals surface area contributed by atoms with Crippen molar-refractivity contribution in [2.75, 3.05) is 18.0 Å². The van der Waals surface area contributed by atoms with Crippen molar-refractivity contribution in [2.45, 2.75) is 31.8 Å². The number of rotatable bonds is 3. The summed E-state index contributed by atoms with van der Waals surface area (Å²) < 4.78 is 3.70. The van der Waals surface area contributed by atoms with E-state index in [4.69, 9.17) is 0 Å². The van der Waals surface area contributed by atoms with Gasteiger partial charge in [-0.25, -0.2) is 9.50 Å². The molecular weight excluding hydrogens is 306 g/mol. The van der Waals surface area contributed by atoms with Crippen molar-refractivity contribution in [1.82, 2.24) is 29.4 Å². The molecule has 4 heterocycles. The highest BCUT2D eigenvalue weighted by Gasteiger charge is 2.36. The van der Waals surface area contributed by atoms with Crippen molar-refractivity contribution in [1.29, 1.82) is 0 Å². The molecule has 3 aromatic heterocycles. The van der Waals surface area contributed by atoms with Gasteiger partial charge in [0.25, 0.3) is 0 Å². The molecule has 1 aliphatic rings. The molecule has 0 aliphatic carbocycles. The fourth-order valence-electron chi connectivity index (χ4n) is 3.47. The number of aryl methyl sites for hydroxylation is 2. The van der Waals surface area contributed by atoms with Gasteiger partial charge >= 0.3 is 0 Å². The molecule has 1 N–H and O–H groups in total. The van der Waals surface area contributed by atoms with Crippen LogP contribution in [-0.4, -0.2) is 53.2 Å². The Morgan fingerprint density at radius 1 is 1.38 bits per heavy atom. The summed E-state index contributed by atoms with van der Waals surface area (Å²) in [5.74, 6) is 1.67. The molecule has 0 amide bonds. The van der Waals surface area contributed by atoms with Crippen LogP contribution in [0.25, 0.3) is 5.52 Å². The molecule has 1 atom stereocenters. The topological polar surface area (TPSA) is 84.4 Å². The van der Waals surface area contributed by atoms with Crippen molar-refractivity contribution in [3.8, 4) is 0 Å². The summed E-state index contributed by atoms with van der Waals surface area (Å²) in [6.07, 6.45) is 7.41. The number of β-amino-alcohol motifs (C(OH)–C–C–N with tert-alkyl or cyclic N) is 1. The summed E-state index contributed by atoms with van der Waals surface area (Å²) >= 11 is 0. The van der Waals surface area contributed by atoms with E-state index in [-0.39, 0.29) is 0 Å². The van der Waals surface area contributed by atoms with Gasteiger partial charge in [0, 0.05) is 39.0 Å². The third kappa shape index (κ3) is 2.62. The van der Waals surface area contributed by atoms with Crippen molar-refractivity contribution >= 4 is 11.3 Å². The van der Waals surface area contributed by atoms with Crippen LogP contribution in [0.15, 0.2) is 24.8 Å². The quantitative estimate of drug-likeness (QED) is 0.764. The standard InChI is InChI=1S/C16H21N7O/c1-12-8-13-15(17-5-7-23(13)20-12)22-6-3-4-16(24,10-22)9-14-19-18-11-21(14)2/h5,7-8,11,24H,3-4,6,9-10H2,1-2H3. The van der Waals surface area contributed by atoms with Gasteiger partial charge in [0.2, 0.25) is 0 Å². The van der Waals surface area contributed by atoms with E-state index in [0.29, 0.717) is 13.0 Å². The zero-order valence-electron chi connectivity index (χ0n) is 13.9. The summed E-state index contributed by atoms with van der Waals surface area (Å²) in [4.78, 5) is 6.69. The Hall–Kier alpha value is -2.48. The Morgan fingerprint density at radius 3 is 3.04 bits per heavy atom. The normalized spacial score (nSPS) is 21.5. The predicted octanol–water partition coefficient (Wildman–Crippen LogP) is 0.740. The number of hydrogen-bond donors (Lipinski definition) is 1. The summed E-state index contributed by atoms with van der Waals surface area (Å²) in [6, 6.07) is 2.03. The first-order valence-electron chi connectivity index (χ1n) is 8.15. The maximum absolute atomic E-state index is 11.1. The zero-order chi connectivity index (χ0) is 16.7. The van der Waals surface area contributed by atoms with E-state index in [0.717, 1.165) is 42.2 Å². The van der Waals surface area contributed by atoms with Crippen molar-refractivity contribution in [2.24, 2.45) is 7.05 Å². The Kier molecular flexibility index (Phi) is 3.49. The van der Waals surface area contributed by atoms with Crippen LogP contribution in [-0.2, 0) is 13.5 Å². The molecular formula is C16H21N7O. The van der Waals surface area contributed by atoms with Crippen LogP contribution in [0.4, 0.5) is 5.82 Å². The lowest BCUT2D eigenvalue weighted by Crippen LogP contribution is -2.50. The van der Waals surface area contributed by atoms with Crippen LogP contribution in [0.2, 0.25) is 0 Å². The molecule has 0 radical (unpaired) electrons. The van der Waals surface area contributed by atoms with Crippen LogP contribution in [0.3, 0.4) is 0 Å². The molecule has 1 fully saturated rings. The highest BCUT2D eigenvalue weighted by atomic mass is 16.3. The van der Waals surface area contributed by atoms with E-state index in [9.17, 15) is 5.11 Å². The maximum Gasteiger partial charge on any atom is 0.154 e. The molecule has 8 nitrogen and oxygen atoms in total. The van der Waals surface area contributed by atoms with E-state index in [1.807, 2.05) is 35.3 Å². The minimum absolute atomic E-state index is 0.488. The SMILES string of the molecule is Cc1cc2c(N3CCCC(O)(Cc4nncn4C)C3)nccn2n1. The monoisotopic (exact) mass is 327 g/mol. The molecule has 24 heavy (non-hydrogen) atoms. The minimum Gasteiger partial charge on any atom is -0.388 e. The lowest BCUT2D eigenvalue weighted by molar-refractivity contribution is 0.0237. The second-order valence-corrected chi connectivity index (χ2v) is 6.65. The Morgan fingerprint density at radius 2 is 2.25 bits per heavy atom. The molecule has 0 saturated carbocycles. The number of nitrogens with zero attached hydrogens (tertiary/aromatic N) is 7. The first-order chi connectivity index (χ1) is 11.5. The lowest BCUT2D eigenvalue weighted by Gasteiger charge is -2.39. The third-order valence-electron chi connectivity index (χ3n) is 4.64. The molecule has 126 valence electrons. The van der Waals surface area contributed by atoms with Gasteiger partial charge in [-0.3, -0.25) is 0 Å². The molecule has 8 heteroatoms. The van der Waals surface area contributed by atoms with E-state index in [1.54, 1.807) is 12.5 Å². The third-order valence-corrected chi connectivity index (χ3v) is 4.64. The zero-order valence-corrected chi connectivity index (χ0v) is 13.9. The second-order valence-electron chi connectivity index (χ2n) is 6.65. The average molecular weight is 327 g/mol. The molecule has 3 aromatic rings. The Balaban J connectivity index is 1.63. The van der Waals surface area contributed by atoms with Gasteiger partial charge in [0.05, 0.1) is 11.3 Å². The van der Waals surface area contributed by atoms with E-state index in [1.165, 1.54) is 0 Å². The summed E-state index contributed by atoms with van der Waals surface area (Å²) in [6.45, 7) is 3.37. The van der Waals surface area contributed by atoms with Gasteiger partial charge in [-0.15, -0.1) is 10.2 Å². The van der Waals surface area contributed by atoms with E-state index in [2.05, 4.69) is 25.2 Å². The number of fused-ring (bicyclic) bond motifs is 1. The van der Waals surface area contributed by atoms with Crippen LogP contribution in [0, 0.1) is 6.92 Å². The molecule has 0 bridgehead atoms. The first-order valence-corrected chi connectivity index (χ1v) is 8.15. The van der Waals surface area contributed by atoms with Crippen LogP contribution in [0.1, 0.15) is 24.4 Å². The number of aliphatic hydroxyl groups is 1. The molecule has 1 unspecified atom stereocenters. The summed E-state index contributed by atoms with van der Waals surface area (Å²) in [5.41, 5.74) is 1.09. The molecule has 0 spiro atoms. The summed E-state index contributed by atoms with van der Waals surface area (Å²) in [5, 5.41) is 23.6. The molecule has 4 rings (SSSR count). The Labute approximate surface area is 139 Å². The van der Waals surface area contributed by atoms with E-state index >= 15 is 0 Å². The fraction of sp³-hybridized carbons (Fsp3) is 0.500. The van der Waals surface area contributed by atoms with Crippen LogP contribution < -0.4 is 4.90 Å². The largest absolute Gasteiger partial charge is 0.388 e. The van der Waals surface area contributed by atoms with Crippen molar-refractivity contribution < 1.29 is 5.11 Å². The molecule has 1 saturated heterocycles. The van der Waals surface area contributed by atoms with Gasteiger partial charge in [-0.1, -0.05) is 0 Å². The maximum atomic E-state index is 11.1. The van der Waals surface area contributed by atoms with Gasteiger partial charge in [0.1, 0.15) is 17.7 Å². The first kappa shape index (κ1) is 15.1. The summed E-state index contributed by atoms with van der Waals surface area (Å²) in [7, 11) is 1.90. The van der Waals surface area contributed by atoms with Crippen molar-refractivity contribution in [3.63, 3.8) is 0 Å². The Bertz CT molecular complexity index is 870. The van der Waals surface area contributed by atoms with E-state index < -0.39 is 5.60 Å². The number of piperidine rings is 1. The highest BCUT2D eigenvalue weighted by molar-refractivity contribution is 5.69. The van der Waals surface area contributed by atoms with Crippen LogP contribution >= 0.6 is 0 Å². The van der Waals surface area contributed by atoms with Gasteiger partial charge in [-0.05, 0) is 25.8 Å². The van der Waals surface area contributed by atoms with Crippen LogP contribution in [0.5, 0.6) is 0 Å². The highest BCUT2D eigenvalue weighted by Crippen LogP contribution is 2.29. The second kappa shape index (κ2) is 5.55. The van der Waals surface area contributed by atoms with Crippen molar-refractivity contribution in [3.05, 3.63) is 36.3 Å². The van der Waals surface area contributed by atoms with Gasteiger partial charge in [-0.2, -0.15) is 5.10 Å². The smallest absolute Gasteiger partial charge is 0.154 e. The lowest BCUT2D eigenvalue weighted by atomic mass is 9.89. The number of anilines is 1. The average Bonchev–Trinajstić information content (AvgIpc) is 3.11. The fourth-order valence-corrected chi connectivity index (χ4v) is 3.47.